The summed E-state index contributed by atoms with van der Waals surface area (Å²) in [5.41, 5.74) is 1.92. The highest BCUT2D eigenvalue weighted by Crippen LogP contribution is 2.65. The van der Waals surface area contributed by atoms with Gasteiger partial charge in [0, 0.05) is 12.5 Å². The SMILES string of the molecule is CC1C2CC3NC(O)CC3=CC12C. The molecule has 13 heavy (non-hydrogen) atoms. The maximum atomic E-state index is 9.46. The van der Waals surface area contributed by atoms with Crippen molar-refractivity contribution in [3.05, 3.63) is 11.6 Å². The predicted molar refractivity (Wildman–Crippen MR) is 51.0 cm³/mol. The minimum atomic E-state index is -0.285. The topological polar surface area (TPSA) is 32.3 Å². The Morgan fingerprint density at radius 1 is 1.62 bits per heavy atom. The van der Waals surface area contributed by atoms with E-state index in [0.29, 0.717) is 11.5 Å². The minimum Gasteiger partial charge on any atom is -0.378 e. The van der Waals surface area contributed by atoms with E-state index in [0.717, 1.165) is 18.3 Å². The molecule has 2 heteroatoms. The molecular weight excluding hydrogens is 162 g/mol. The molecule has 0 spiro atoms. The van der Waals surface area contributed by atoms with Crippen LogP contribution in [0, 0.1) is 17.3 Å². The molecule has 1 saturated heterocycles. The van der Waals surface area contributed by atoms with Gasteiger partial charge < -0.3 is 5.11 Å². The molecule has 5 unspecified atom stereocenters. The minimum absolute atomic E-state index is 0.285. The Morgan fingerprint density at radius 2 is 2.38 bits per heavy atom. The van der Waals surface area contributed by atoms with Crippen LogP contribution in [0.1, 0.15) is 26.7 Å². The molecule has 0 radical (unpaired) electrons. The summed E-state index contributed by atoms with van der Waals surface area (Å²) in [5, 5.41) is 12.7. The van der Waals surface area contributed by atoms with Crippen LogP contribution < -0.4 is 5.32 Å². The summed E-state index contributed by atoms with van der Waals surface area (Å²) in [6.45, 7) is 4.70. The maximum Gasteiger partial charge on any atom is 0.109 e. The van der Waals surface area contributed by atoms with Crippen molar-refractivity contribution in [3.8, 4) is 0 Å². The Kier molecular flexibility index (Phi) is 1.34. The lowest BCUT2D eigenvalue weighted by molar-refractivity contribution is 0.154. The average Bonchev–Trinajstić information content (AvgIpc) is 2.43. The maximum absolute atomic E-state index is 9.46. The molecule has 2 N–H and O–H groups in total. The van der Waals surface area contributed by atoms with E-state index in [9.17, 15) is 5.11 Å². The number of fused-ring (bicyclic) bond motifs is 2. The molecule has 1 heterocycles. The predicted octanol–water partition coefficient (Wildman–Crippen LogP) is 1.27. The molecule has 0 amide bonds. The van der Waals surface area contributed by atoms with Crippen molar-refractivity contribution in [1.29, 1.82) is 0 Å². The zero-order valence-electron chi connectivity index (χ0n) is 8.25. The molecule has 5 atom stereocenters. The first kappa shape index (κ1) is 8.01. The monoisotopic (exact) mass is 179 g/mol. The standard InChI is InChI=1S/C11H17NO/c1-6-8-4-9-7(3-10(13)12-9)5-11(6,8)2/h5-6,8-10,12-13H,3-4H2,1-2H3. The fourth-order valence-corrected chi connectivity index (χ4v) is 3.35. The van der Waals surface area contributed by atoms with Gasteiger partial charge in [0.2, 0.25) is 0 Å². The fourth-order valence-electron chi connectivity index (χ4n) is 3.35. The van der Waals surface area contributed by atoms with Gasteiger partial charge in [-0.3, -0.25) is 5.32 Å². The molecule has 2 nitrogen and oxygen atoms in total. The van der Waals surface area contributed by atoms with Gasteiger partial charge >= 0.3 is 0 Å². The van der Waals surface area contributed by atoms with Crippen molar-refractivity contribution < 1.29 is 5.11 Å². The van der Waals surface area contributed by atoms with E-state index in [1.807, 2.05) is 0 Å². The van der Waals surface area contributed by atoms with Crippen LogP contribution in [-0.2, 0) is 0 Å². The van der Waals surface area contributed by atoms with E-state index in [1.165, 1.54) is 12.0 Å². The van der Waals surface area contributed by atoms with Gasteiger partial charge in [-0.15, -0.1) is 0 Å². The first-order chi connectivity index (χ1) is 6.11. The molecule has 3 rings (SSSR count). The number of rotatable bonds is 0. The van der Waals surface area contributed by atoms with Gasteiger partial charge in [-0.25, -0.2) is 0 Å². The third kappa shape index (κ3) is 0.906. The second-order valence-electron chi connectivity index (χ2n) is 5.16. The summed E-state index contributed by atoms with van der Waals surface area (Å²) in [4.78, 5) is 0. The first-order valence-corrected chi connectivity index (χ1v) is 5.27. The van der Waals surface area contributed by atoms with E-state index in [1.54, 1.807) is 0 Å². The summed E-state index contributed by atoms with van der Waals surface area (Å²) in [6.07, 6.45) is 4.23. The van der Waals surface area contributed by atoms with E-state index < -0.39 is 0 Å². The number of hydrogen-bond donors (Lipinski definition) is 2. The fraction of sp³-hybridized carbons (Fsp3) is 0.818. The number of aliphatic hydroxyl groups is 1. The third-order valence-corrected chi connectivity index (χ3v) is 4.53. The molecule has 0 aromatic heterocycles. The molecule has 2 aliphatic carbocycles. The molecule has 2 fully saturated rings. The summed E-state index contributed by atoms with van der Waals surface area (Å²) in [7, 11) is 0. The van der Waals surface area contributed by atoms with Crippen LogP contribution in [0.4, 0.5) is 0 Å². The highest BCUT2D eigenvalue weighted by molar-refractivity contribution is 5.32. The smallest absolute Gasteiger partial charge is 0.109 e. The largest absolute Gasteiger partial charge is 0.378 e. The highest BCUT2D eigenvalue weighted by Gasteiger charge is 2.60. The molecule has 3 aliphatic rings. The van der Waals surface area contributed by atoms with Crippen molar-refractivity contribution >= 4 is 0 Å². The Bertz CT molecular complexity index is 286. The van der Waals surface area contributed by atoms with E-state index in [4.69, 9.17) is 0 Å². The lowest BCUT2D eigenvalue weighted by atomic mass is 9.88. The molecule has 72 valence electrons. The van der Waals surface area contributed by atoms with Crippen LogP contribution in [-0.4, -0.2) is 17.4 Å². The Morgan fingerprint density at radius 3 is 3.15 bits per heavy atom. The zero-order chi connectivity index (χ0) is 9.22. The molecule has 1 saturated carbocycles. The van der Waals surface area contributed by atoms with E-state index in [-0.39, 0.29) is 6.23 Å². The van der Waals surface area contributed by atoms with Crippen LogP contribution in [0.2, 0.25) is 0 Å². The van der Waals surface area contributed by atoms with Crippen molar-refractivity contribution in [2.75, 3.05) is 0 Å². The van der Waals surface area contributed by atoms with Gasteiger partial charge in [-0.2, -0.15) is 0 Å². The van der Waals surface area contributed by atoms with Crippen molar-refractivity contribution in [3.63, 3.8) is 0 Å². The summed E-state index contributed by atoms with van der Waals surface area (Å²) in [5.74, 6) is 1.71. The normalized spacial score (nSPS) is 58.2. The van der Waals surface area contributed by atoms with Gasteiger partial charge in [-0.1, -0.05) is 25.5 Å². The van der Waals surface area contributed by atoms with Gasteiger partial charge in [0.25, 0.3) is 0 Å². The van der Waals surface area contributed by atoms with Gasteiger partial charge in [0.05, 0.1) is 0 Å². The van der Waals surface area contributed by atoms with Crippen molar-refractivity contribution in [2.24, 2.45) is 17.3 Å². The first-order valence-electron chi connectivity index (χ1n) is 5.27. The van der Waals surface area contributed by atoms with E-state index >= 15 is 0 Å². The van der Waals surface area contributed by atoms with Crippen molar-refractivity contribution in [2.45, 2.75) is 39.0 Å². The van der Waals surface area contributed by atoms with Gasteiger partial charge in [0.1, 0.15) is 6.23 Å². The Hall–Kier alpha value is -0.340. The summed E-state index contributed by atoms with van der Waals surface area (Å²) >= 11 is 0. The second-order valence-corrected chi connectivity index (χ2v) is 5.16. The van der Waals surface area contributed by atoms with E-state index in [2.05, 4.69) is 25.2 Å². The number of nitrogens with one attached hydrogen (secondary N) is 1. The Balaban J connectivity index is 1.92. The zero-order valence-corrected chi connectivity index (χ0v) is 8.25. The molecular formula is C11H17NO. The lowest BCUT2D eigenvalue weighted by Gasteiger charge is -2.20. The number of aliphatic hydroxyl groups excluding tert-OH is 1. The van der Waals surface area contributed by atoms with Gasteiger partial charge in [0.15, 0.2) is 0 Å². The van der Waals surface area contributed by atoms with Crippen LogP contribution in [0.3, 0.4) is 0 Å². The van der Waals surface area contributed by atoms with Crippen LogP contribution >= 0.6 is 0 Å². The van der Waals surface area contributed by atoms with Crippen LogP contribution in [0.25, 0.3) is 0 Å². The van der Waals surface area contributed by atoms with Crippen molar-refractivity contribution in [1.82, 2.24) is 5.32 Å². The highest BCUT2D eigenvalue weighted by atomic mass is 16.3. The van der Waals surface area contributed by atoms with Crippen LogP contribution in [0.5, 0.6) is 0 Å². The molecule has 0 aromatic carbocycles. The quantitative estimate of drug-likeness (QED) is 0.549. The Labute approximate surface area is 79.0 Å². The molecule has 0 bridgehead atoms. The average molecular weight is 179 g/mol. The second kappa shape index (κ2) is 2.18. The summed E-state index contributed by atoms with van der Waals surface area (Å²) in [6, 6.07) is 0.484. The molecule has 1 aliphatic heterocycles. The lowest BCUT2D eigenvalue weighted by Crippen LogP contribution is -2.31. The van der Waals surface area contributed by atoms with Crippen LogP contribution in [0.15, 0.2) is 11.6 Å². The van der Waals surface area contributed by atoms with Gasteiger partial charge in [-0.05, 0) is 23.7 Å². The number of allylic oxidation sites excluding steroid dienone is 1. The number of hydrogen-bond acceptors (Lipinski definition) is 2. The molecule has 0 aromatic rings. The summed E-state index contributed by atoms with van der Waals surface area (Å²) < 4.78 is 0. The third-order valence-electron chi connectivity index (χ3n) is 4.53.